The minimum atomic E-state index is -0.739. The summed E-state index contributed by atoms with van der Waals surface area (Å²) in [6, 6.07) is 3.19. The van der Waals surface area contributed by atoms with Gasteiger partial charge in [-0.2, -0.15) is 9.65 Å². The van der Waals surface area contributed by atoms with E-state index in [0.29, 0.717) is 4.47 Å². The van der Waals surface area contributed by atoms with E-state index in [1.807, 2.05) is 0 Å². The first kappa shape index (κ1) is 7.16. The highest BCUT2D eigenvalue weighted by molar-refractivity contribution is 9.10. The number of halogens is 2. The van der Waals surface area contributed by atoms with Crippen molar-refractivity contribution in [1.29, 1.82) is 5.26 Å². The summed E-state index contributed by atoms with van der Waals surface area (Å²) in [4.78, 5) is 3.29. The molecule has 0 atom stereocenters. The van der Waals surface area contributed by atoms with Crippen LogP contribution in [-0.2, 0) is 0 Å². The molecule has 4 heteroatoms. The zero-order valence-electron chi connectivity index (χ0n) is 4.81. The minimum absolute atomic E-state index is 0.0532. The third kappa shape index (κ3) is 1.14. The highest BCUT2D eigenvalue weighted by atomic mass is 79.9. The zero-order chi connectivity index (χ0) is 7.56. The Balaban J connectivity index is 3.34. The Morgan fingerprint density at radius 3 is 2.80 bits per heavy atom. The van der Waals surface area contributed by atoms with Crippen LogP contribution in [-0.4, -0.2) is 4.98 Å². The summed E-state index contributed by atoms with van der Waals surface area (Å²) >= 11 is 3.00. The van der Waals surface area contributed by atoms with Crippen LogP contribution in [0.3, 0.4) is 0 Å². The molecule has 0 amide bonds. The van der Waals surface area contributed by atoms with Gasteiger partial charge in [-0.3, -0.25) is 0 Å². The Morgan fingerprint density at radius 1 is 1.70 bits per heavy atom. The molecule has 0 spiro atoms. The van der Waals surface area contributed by atoms with E-state index in [1.54, 1.807) is 6.07 Å². The van der Waals surface area contributed by atoms with E-state index in [9.17, 15) is 4.39 Å². The molecule has 1 aromatic rings. The van der Waals surface area contributed by atoms with E-state index < -0.39 is 5.95 Å². The maximum Gasteiger partial charge on any atom is 0.231 e. The van der Waals surface area contributed by atoms with Crippen LogP contribution in [0, 0.1) is 17.3 Å². The van der Waals surface area contributed by atoms with Crippen LogP contribution >= 0.6 is 15.9 Å². The number of pyridine rings is 1. The lowest BCUT2D eigenvalue weighted by Gasteiger charge is -1.92. The fourth-order valence-electron chi connectivity index (χ4n) is 0.514. The first-order valence-electron chi connectivity index (χ1n) is 2.46. The molecule has 50 valence electrons. The molecule has 0 saturated heterocycles. The lowest BCUT2D eigenvalue weighted by molar-refractivity contribution is 0.578. The van der Waals surface area contributed by atoms with Crippen molar-refractivity contribution in [3.63, 3.8) is 0 Å². The van der Waals surface area contributed by atoms with Gasteiger partial charge in [0.1, 0.15) is 11.6 Å². The third-order valence-electron chi connectivity index (χ3n) is 0.966. The van der Waals surface area contributed by atoms with E-state index in [1.165, 1.54) is 12.3 Å². The van der Waals surface area contributed by atoms with Crippen LogP contribution in [0.5, 0.6) is 0 Å². The fraction of sp³-hybridized carbons (Fsp3) is 0. The maximum absolute atomic E-state index is 12.5. The van der Waals surface area contributed by atoms with E-state index >= 15 is 0 Å². The summed E-state index contributed by atoms with van der Waals surface area (Å²) in [6.07, 6.45) is 1.29. The molecule has 1 rings (SSSR count). The standard InChI is InChI=1S/C6H2BrFN2/c7-5-1-2-10-6(8)4(5)3-9/h1-2H. The predicted octanol–water partition coefficient (Wildman–Crippen LogP) is 1.85. The van der Waals surface area contributed by atoms with E-state index in [-0.39, 0.29) is 5.56 Å². The van der Waals surface area contributed by atoms with Gasteiger partial charge >= 0.3 is 0 Å². The first-order valence-corrected chi connectivity index (χ1v) is 3.25. The van der Waals surface area contributed by atoms with Crippen LogP contribution in [0.15, 0.2) is 16.7 Å². The van der Waals surface area contributed by atoms with Gasteiger partial charge in [0.05, 0.1) is 0 Å². The normalized spacial score (nSPS) is 8.90. The smallest absolute Gasteiger partial charge is 0.227 e. The molecule has 0 saturated carbocycles. The summed E-state index contributed by atoms with van der Waals surface area (Å²) < 4.78 is 12.9. The molecule has 0 fully saturated rings. The largest absolute Gasteiger partial charge is 0.231 e. The van der Waals surface area contributed by atoms with Gasteiger partial charge in [0.25, 0.3) is 0 Å². The van der Waals surface area contributed by atoms with E-state index in [0.717, 1.165) is 0 Å². The molecular formula is C6H2BrFN2. The molecule has 0 bridgehead atoms. The van der Waals surface area contributed by atoms with Crippen molar-refractivity contribution in [2.75, 3.05) is 0 Å². The number of hydrogen-bond acceptors (Lipinski definition) is 2. The van der Waals surface area contributed by atoms with Crippen molar-refractivity contribution >= 4 is 15.9 Å². The quantitative estimate of drug-likeness (QED) is 0.600. The molecule has 0 N–H and O–H groups in total. The zero-order valence-corrected chi connectivity index (χ0v) is 6.39. The first-order chi connectivity index (χ1) is 4.75. The molecule has 0 aromatic carbocycles. The van der Waals surface area contributed by atoms with Gasteiger partial charge in [0.2, 0.25) is 5.95 Å². The van der Waals surface area contributed by atoms with Crippen molar-refractivity contribution in [2.24, 2.45) is 0 Å². The van der Waals surface area contributed by atoms with Crippen molar-refractivity contribution in [3.8, 4) is 6.07 Å². The van der Waals surface area contributed by atoms with Crippen molar-refractivity contribution in [1.82, 2.24) is 4.98 Å². The molecule has 1 heterocycles. The van der Waals surface area contributed by atoms with Gasteiger partial charge in [-0.25, -0.2) is 4.98 Å². The summed E-state index contributed by atoms with van der Waals surface area (Å²) in [5.41, 5.74) is -0.0532. The van der Waals surface area contributed by atoms with Crippen molar-refractivity contribution in [3.05, 3.63) is 28.2 Å². The second-order valence-electron chi connectivity index (χ2n) is 1.57. The van der Waals surface area contributed by atoms with Crippen LogP contribution < -0.4 is 0 Å². The maximum atomic E-state index is 12.5. The van der Waals surface area contributed by atoms with Crippen LogP contribution in [0.4, 0.5) is 4.39 Å². The number of aromatic nitrogens is 1. The highest BCUT2D eigenvalue weighted by Crippen LogP contribution is 2.15. The average molecular weight is 201 g/mol. The average Bonchev–Trinajstić information content (AvgIpc) is 1.88. The summed E-state index contributed by atoms with van der Waals surface area (Å²) in [7, 11) is 0. The van der Waals surface area contributed by atoms with Crippen molar-refractivity contribution in [2.45, 2.75) is 0 Å². The second-order valence-corrected chi connectivity index (χ2v) is 2.42. The molecule has 0 aliphatic carbocycles. The van der Waals surface area contributed by atoms with Gasteiger partial charge in [-0.05, 0) is 22.0 Å². The molecule has 0 aliphatic rings. The van der Waals surface area contributed by atoms with Gasteiger partial charge in [-0.15, -0.1) is 0 Å². The topological polar surface area (TPSA) is 36.7 Å². The Labute approximate surface area is 65.4 Å². The number of hydrogen-bond donors (Lipinski definition) is 0. The van der Waals surface area contributed by atoms with Gasteiger partial charge in [0, 0.05) is 10.7 Å². The third-order valence-corrected chi connectivity index (χ3v) is 1.63. The molecule has 0 aliphatic heterocycles. The van der Waals surface area contributed by atoms with Crippen LogP contribution in [0.25, 0.3) is 0 Å². The van der Waals surface area contributed by atoms with Gasteiger partial charge in [-0.1, -0.05) is 0 Å². The lowest BCUT2D eigenvalue weighted by atomic mass is 10.3. The van der Waals surface area contributed by atoms with Gasteiger partial charge in [0.15, 0.2) is 0 Å². The van der Waals surface area contributed by atoms with Gasteiger partial charge < -0.3 is 0 Å². The number of nitriles is 1. The summed E-state index contributed by atoms with van der Waals surface area (Å²) in [6.45, 7) is 0. The van der Waals surface area contributed by atoms with E-state index in [4.69, 9.17) is 5.26 Å². The Bertz CT molecular complexity index is 272. The predicted molar refractivity (Wildman–Crippen MR) is 36.6 cm³/mol. The second kappa shape index (κ2) is 2.76. The fourth-order valence-corrected chi connectivity index (χ4v) is 0.885. The molecule has 0 unspecified atom stereocenters. The number of rotatable bonds is 0. The number of nitrogens with zero attached hydrogens (tertiary/aromatic N) is 2. The minimum Gasteiger partial charge on any atom is -0.227 e. The Kier molecular flexibility index (Phi) is 1.97. The summed E-state index contributed by atoms with van der Waals surface area (Å²) in [5.74, 6) is -0.739. The highest BCUT2D eigenvalue weighted by Gasteiger charge is 2.04. The molecular weight excluding hydrogens is 199 g/mol. The lowest BCUT2D eigenvalue weighted by Crippen LogP contribution is -1.88. The molecule has 2 nitrogen and oxygen atoms in total. The summed E-state index contributed by atoms with van der Waals surface area (Å²) in [5, 5.41) is 8.34. The van der Waals surface area contributed by atoms with Crippen molar-refractivity contribution < 1.29 is 4.39 Å². The Hall–Kier alpha value is -0.950. The molecule has 10 heavy (non-hydrogen) atoms. The Morgan fingerprint density at radius 2 is 2.40 bits per heavy atom. The molecule has 0 radical (unpaired) electrons. The van der Waals surface area contributed by atoms with E-state index in [2.05, 4.69) is 20.9 Å². The van der Waals surface area contributed by atoms with Crippen LogP contribution in [0.2, 0.25) is 0 Å². The monoisotopic (exact) mass is 200 g/mol. The SMILES string of the molecule is N#Cc1c(Br)ccnc1F. The van der Waals surface area contributed by atoms with Crippen LogP contribution in [0.1, 0.15) is 5.56 Å². The molecule has 1 aromatic heterocycles.